The van der Waals surface area contributed by atoms with Crippen molar-refractivity contribution in [3.05, 3.63) is 0 Å². The summed E-state index contributed by atoms with van der Waals surface area (Å²) in [5.74, 6) is 0.845. The lowest BCUT2D eigenvalue weighted by Gasteiger charge is -2.31. The Hall–Kier alpha value is -0.420. The van der Waals surface area contributed by atoms with Crippen molar-refractivity contribution >= 4 is 17.7 Å². The molecule has 116 valence electrons. The Morgan fingerprint density at radius 1 is 1.30 bits per heavy atom. The molecule has 0 aromatic carbocycles. The minimum atomic E-state index is -0.522. The van der Waals surface area contributed by atoms with Crippen molar-refractivity contribution in [3.63, 3.8) is 0 Å². The Kier molecular flexibility index (Phi) is 6.02. The van der Waals surface area contributed by atoms with Gasteiger partial charge in [0, 0.05) is 24.9 Å². The monoisotopic (exact) mass is 299 g/mol. The van der Waals surface area contributed by atoms with Gasteiger partial charge in [-0.05, 0) is 38.4 Å². The van der Waals surface area contributed by atoms with E-state index in [1.165, 1.54) is 25.7 Å². The normalized spacial score (nSPS) is 30.2. The van der Waals surface area contributed by atoms with Gasteiger partial charge in [0.15, 0.2) is 5.96 Å². The van der Waals surface area contributed by atoms with Gasteiger partial charge in [-0.2, -0.15) is 11.8 Å². The van der Waals surface area contributed by atoms with E-state index in [2.05, 4.69) is 21.9 Å². The van der Waals surface area contributed by atoms with Crippen LogP contribution in [0.15, 0.2) is 4.99 Å². The Morgan fingerprint density at radius 2 is 2.05 bits per heavy atom. The zero-order chi connectivity index (χ0) is 14.4. The first-order valence-corrected chi connectivity index (χ1v) is 9.16. The molecular weight excluding hydrogens is 270 g/mol. The van der Waals surface area contributed by atoms with Crippen LogP contribution in [0, 0.1) is 0 Å². The van der Waals surface area contributed by atoms with E-state index < -0.39 is 5.60 Å². The van der Waals surface area contributed by atoms with E-state index in [9.17, 15) is 5.11 Å². The average Bonchev–Trinajstić information content (AvgIpc) is 2.91. The lowest BCUT2D eigenvalue weighted by Crippen LogP contribution is -2.49. The molecule has 2 aliphatic rings. The van der Waals surface area contributed by atoms with Crippen LogP contribution >= 0.6 is 11.8 Å². The highest BCUT2D eigenvalue weighted by Crippen LogP contribution is 2.29. The van der Waals surface area contributed by atoms with E-state index in [-0.39, 0.29) is 0 Å². The fourth-order valence-electron chi connectivity index (χ4n) is 3.34. The number of hydrogen-bond donors (Lipinski definition) is 3. The van der Waals surface area contributed by atoms with Gasteiger partial charge >= 0.3 is 0 Å². The van der Waals surface area contributed by atoms with E-state index in [0.29, 0.717) is 12.6 Å². The van der Waals surface area contributed by atoms with Gasteiger partial charge in [-0.15, -0.1) is 0 Å². The van der Waals surface area contributed by atoms with Gasteiger partial charge in [0.2, 0.25) is 0 Å². The number of nitrogens with one attached hydrogen (secondary N) is 2. The van der Waals surface area contributed by atoms with Gasteiger partial charge in [-0.3, -0.25) is 4.99 Å². The highest BCUT2D eigenvalue weighted by molar-refractivity contribution is 7.99. The molecule has 0 bridgehead atoms. The average molecular weight is 299 g/mol. The smallest absolute Gasteiger partial charge is 0.191 e. The summed E-state index contributed by atoms with van der Waals surface area (Å²) in [5, 5.41) is 18.0. The minimum absolute atomic E-state index is 0.519. The highest BCUT2D eigenvalue weighted by atomic mass is 32.2. The number of guanidine groups is 1. The quantitative estimate of drug-likeness (QED) is 0.550. The molecule has 2 aliphatic carbocycles. The highest BCUT2D eigenvalue weighted by Gasteiger charge is 2.31. The molecule has 20 heavy (non-hydrogen) atoms. The van der Waals surface area contributed by atoms with Crippen LogP contribution in [0.5, 0.6) is 0 Å². The summed E-state index contributed by atoms with van der Waals surface area (Å²) in [6.45, 7) is 0.616. The molecule has 0 saturated heterocycles. The summed E-state index contributed by atoms with van der Waals surface area (Å²) >= 11 is 1.98. The first-order chi connectivity index (χ1) is 9.65. The van der Waals surface area contributed by atoms with Crippen LogP contribution < -0.4 is 10.6 Å². The van der Waals surface area contributed by atoms with Gasteiger partial charge in [0.05, 0.1) is 5.60 Å². The number of rotatable bonds is 4. The van der Waals surface area contributed by atoms with Crippen molar-refractivity contribution in [3.8, 4) is 0 Å². The minimum Gasteiger partial charge on any atom is -0.388 e. The van der Waals surface area contributed by atoms with Crippen molar-refractivity contribution in [2.45, 2.75) is 68.3 Å². The molecule has 0 radical (unpaired) electrons. The molecule has 3 N–H and O–H groups in total. The van der Waals surface area contributed by atoms with Gasteiger partial charge in [-0.1, -0.05) is 19.3 Å². The SMILES string of the molecule is CN=C(NCC1(O)CCCC1)NC1CCCC(SC)C1. The molecule has 2 atom stereocenters. The molecule has 2 rings (SSSR count). The first kappa shape index (κ1) is 16.0. The largest absolute Gasteiger partial charge is 0.388 e. The molecule has 0 heterocycles. The number of hydrogen-bond acceptors (Lipinski definition) is 3. The molecule has 0 aliphatic heterocycles. The van der Waals surface area contributed by atoms with Crippen LogP contribution in [-0.2, 0) is 0 Å². The fraction of sp³-hybridized carbons (Fsp3) is 0.933. The number of aliphatic imine (C=N–C) groups is 1. The fourth-order valence-corrected chi connectivity index (χ4v) is 4.16. The van der Waals surface area contributed by atoms with Crippen molar-refractivity contribution in [2.75, 3.05) is 19.8 Å². The molecule has 0 amide bonds. The molecule has 0 aromatic heterocycles. The third kappa shape index (κ3) is 4.55. The summed E-state index contributed by atoms with van der Waals surface area (Å²) < 4.78 is 0. The predicted octanol–water partition coefficient (Wildman–Crippen LogP) is 2.13. The standard InChI is InChI=1S/C15H29N3OS/c1-16-14(17-11-15(19)8-3-4-9-15)18-12-6-5-7-13(10-12)20-2/h12-13,19H,3-11H2,1-2H3,(H2,16,17,18). The Balaban J connectivity index is 1.77. The number of thioether (sulfide) groups is 1. The lowest BCUT2D eigenvalue weighted by molar-refractivity contribution is 0.0521. The van der Waals surface area contributed by atoms with Crippen molar-refractivity contribution in [1.82, 2.24) is 10.6 Å². The van der Waals surface area contributed by atoms with Crippen LogP contribution in [0.3, 0.4) is 0 Å². The maximum atomic E-state index is 10.4. The summed E-state index contributed by atoms with van der Waals surface area (Å²) in [5.41, 5.74) is -0.522. The molecule has 2 saturated carbocycles. The van der Waals surface area contributed by atoms with Crippen LogP contribution in [0.25, 0.3) is 0 Å². The van der Waals surface area contributed by atoms with Crippen LogP contribution in [-0.4, -0.2) is 47.8 Å². The maximum absolute atomic E-state index is 10.4. The number of nitrogens with zero attached hydrogens (tertiary/aromatic N) is 1. The van der Waals surface area contributed by atoms with E-state index in [0.717, 1.165) is 36.9 Å². The molecule has 0 aromatic rings. The molecular formula is C15H29N3OS. The molecule has 2 fully saturated rings. The second kappa shape index (κ2) is 7.55. The van der Waals surface area contributed by atoms with Crippen molar-refractivity contribution < 1.29 is 5.11 Å². The maximum Gasteiger partial charge on any atom is 0.191 e. The van der Waals surface area contributed by atoms with Gasteiger partial charge in [-0.25, -0.2) is 0 Å². The van der Waals surface area contributed by atoms with Gasteiger partial charge < -0.3 is 15.7 Å². The topological polar surface area (TPSA) is 56.7 Å². The van der Waals surface area contributed by atoms with Gasteiger partial charge in [0.1, 0.15) is 0 Å². The zero-order valence-corrected chi connectivity index (χ0v) is 13.6. The first-order valence-electron chi connectivity index (χ1n) is 7.87. The number of aliphatic hydroxyl groups is 1. The zero-order valence-electron chi connectivity index (χ0n) is 12.8. The molecule has 5 heteroatoms. The Bertz CT molecular complexity index is 329. The Labute approximate surface area is 127 Å². The van der Waals surface area contributed by atoms with Crippen LogP contribution in [0.4, 0.5) is 0 Å². The Morgan fingerprint density at radius 3 is 2.70 bits per heavy atom. The third-order valence-corrected chi connectivity index (χ3v) is 5.74. The second-order valence-corrected chi connectivity index (χ2v) is 7.36. The molecule has 2 unspecified atom stereocenters. The second-order valence-electron chi connectivity index (χ2n) is 6.22. The predicted molar refractivity (Wildman–Crippen MR) is 87.5 cm³/mol. The van der Waals surface area contributed by atoms with E-state index >= 15 is 0 Å². The van der Waals surface area contributed by atoms with Crippen LogP contribution in [0.1, 0.15) is 51.4 Å². The molecule has 4 nitrogen and oxygen atoms in total. The molecule has 0 spiro atoms. The summed E-state index contributed by atoms with van der Waals surface area (Å²) in [4.78, 5) is 4.30. The van der Waals surface area contributed by atoms with E-state index in [4.69, 9.17) is 0 Å². The van der Waals surface area contributed by atoms with E-state index in [1.54, 1.807) is 0 Å². The summed E-state index contributed by atoms with van der Waals surface area (Å²) in [7, 11) is 1.81. The summed E-state index contributed by atoms with van der Waals surface area (Å²) in [6.07, 6.45) is 11.4. The summed E-state index contributed by atoms with van der Waals surface area (Å²) in [6, 6.07) is 0.519. The lowest BCUT2D eigenvalue weighted by atomic mass is 9.95. The van der Waals surface area contributed by atoms with Crippen molar-refractivity contribution in [2.24, 2.45) is 4.99 Å². The third-order valence-electron chi connectivity index (χ3n) is 4.64. The van der Waals surface area contributed by atoms with E-state index in [1.807, 2.05) is 18.8 Å². The van der Waals surface area contributed by atoms with Crippen molar-refractivity contribution in [1.29, 1.82) is 0 Å². The van der Waals surface area contributed by atoms with Gasteiger partial charge in [0.25, 0.3) is 0 Å². The van der Waals surface area contributed by atoms with Crippen LogP contribution in [0.2, 0.25) is 0 Å².